The van der Waals surface area contributed by atoms with Crippen molar-refractivity contribution in [1.29, 1.82) is 0 Å². The van der Waals surface area contributed by atoms with Crippen molar-refractivity contribution in [2.24, 2.45) is 7.05 Å². The zero-order valence-electron chi connectivity index (χ0n) is 12.1. The normalized spacial score (nSPS) is 10.2. The van der Waals surface area contributed by atoms with Crippen molar-refractivity contribution in [3.8, 4) is 11.5 Å². The Morgan fingerprint density at radius 1 is 1.33 bits per heavy atom. The molecule has 1 heterocycles. The number of nitrogens with one attached hydrogen (secondary N) is 1. The maximum Gasteiger partial charge on any atom is 0.253 e. The zero-order valence-corrected chi connectivity index (χ0v) is 12.1. The van der Waals surface area contributed by atoms with Crippen LogP contribution in [0.5, 0.6) is 11.5 Å². The van der Waals surface area contributed by atoms with Gasteiger partial charge in [-0.25, -0.2) is 4.98 Å². The smallest absolute Gasteiger partial charge is 0.253 e. The van der Waals surface area contributed by atoms with Gasteiger partial charge in [0.1, 0.15) is 6.33 Å². The highest BCUT2D eigenvalue weighted by Crippen LogP contribution is 2.31. The Kier molecular flexibility index (Phi) is 4.27. The summed E-state index contributed by atoms with van der Waals surface area (Å²) in [6, 6.07) is 3.09. The van der Waals surface area contributed by atoms with Gasteiger partial charge in [0.2, 0.25) is 0 Å². The van der Waals surface area contributed by atoms with Crippen LogP contribution in [0.1, 0.15) is 16.2 Å². The molecule has 0 bridgehead atoms. The average Bonchev–Trinajstić information content (AvgIpc) is 2.90. The van der Waals surface area contributed by atoms with E-state index in [4.69, 9.17) is 15.2 Å². The van der Waals surface area contributed by atoms with Gasteiger partial charge in [0.25, 0.3) is 5.91 Å². The van der Waals surface area contributed by atoms with Crippen LogP contribution in [-0.2, 0) is 13.6 Å². The van der Waals surface area contributed by atoms with Crippen molar-refractivity contribution < 1.29 is 14.3 Å². The van der Waals surface area contributed by atoms with Crippen LogP contribution < -0.4 is 20.5 Å². The molecule has 2 rings (SSSR count). The van der Waals surface area contributed by atoms with E-state index in [1.54, 1.807) is 24.1 Å². The van der Waals surface area contributed by atoms with Crippen LogP contribution >= 0.6 is 0 Å². The third-order valence-corrected chi connectivity index (χ3v) is 2.85. The van der Waals surface area contributed by atoms with Gasteiger partial charge in [0, 0.05) is 18.8 Å². The average molecular weight is 291 g/mol. The largest absolute Gasteiger partial charge is 0.493 e. The quantitative estimate of drug-likeness (QED) is 0.770. The standard InChI is InChI=1S/C13H17N5O3/c1-18-7-16-12(17-18)6-15-13(19)8-4-10(20-2)11(21-3)5-9(8)14/h4-5,7H,6,14H2,1-3H3,(H,15,19). The minimum atomic E-state index is -0.332. The molecule has 0 spiro atoms. The number of aromatic nitrogens is 3. The molecule has 0 saturated carbocycles. The van der Waals surface area contributed by atoms with E-state index in [1.165, 1.54) is 20.3 Å². The van der Waals surface area contributed by atoms with E-state index in [2.05, 4.69) is 15.4 Å². The number of amides is 1. The fraction of sp³-hybridized carbons (Fsp3) is 0.308. The zero-order chi connectivity index (χ0) is 15.4. The molecule has 0 aliphatic carbocycles. The van der Waals surface area contributed by atoms with E-state index >= 15 is 0 Å². The molecule has 0 aliphatic rings. The summed E-state index contributed by atoms with van der Waals surface area (Å²) >= 11 is 0. The van der Waals surface area contributed by atoms with Gasteiger partial charge in [-0.2, -0.15) is 5.10 Å². The number of nitrogens with zero attached hydrogens (tertiary/aromatic N) is 3. The molecular weight excluding hydrogens is 274 g/mol. The number of nitrogens with two attached hydrogens (primary N) is 1. The summed E-state index contributed by atoms with van der Waals surface area (Å²) in [5.74, 6) is 1.09. The van der Waals surface area contributed by atoms with Crippen molar-refractivity contribution in [3.05, 3.63) is 29.8 Å². The number of ether oxygens (including phenoxy) is 2. The second kappa shape index (κ2) is 6.12. The number of carbonyl (C=O) groups is 1. The van der Waals surface area contributed by atoms with E-state index in [9.17, 15) is 4.79 Å². The Morgan fingerprint density at radius 3 is 2.57 bits per heavy atom. The fourth-order valence-corrected chi connectivity index (χ4v) is 1.81. The number of rotatable bonds is 5. The Bertz CT molecular complexity index is 653. The lowest BCUT2D eigenvalue weighted by Gasteiger charge is -2.12. The van der Waals surface area contributed by atoms with Crippen LogP contribution in [0.3, 0.4) is 0 Å². The second-order valence-electron chi connectivity index (χ2n) is 4.31. The molecule has 8 nitrogen and oxygen atoms in total. The summed E-state index contributed by atoms with van der Waals surface area (Å²) < 4.78 is 11.8. The van der Waals surface area contributed by atoms with Crippen molar-refractivity contribution in [2.75, 3.05) is 20.0 Å². The van der Waals surface area contributed by atoms with Crippen LogP contribution in [0.2, 0.25) is 0 Å². The van der Waals surface area contributed by atoms with Crippen molar-refractivity contribution in [1.82, 2.24) is 20.1 Å². The molecule has 0 saturated heterocycles. The van der Waals surface area contributed by atoms with Crippen molar-refractivity contribution >= 4 is 11.6 Å². The Balaban J connectivity index is 2.15. The molecular formula is C13H17N5O3. The molecule has 0 aliphatic heterocycles. The van der Waals surface area contributed by atoms with Crippen molar-refractivity contribution in [2.45, 2.75) is 6.54 Å². The second-order valence-corrected chi connectivity index (χ2v) is 4.31. The van der Waals surface area contributed by atoms with Gasteiger partial charge in [-0.15, -0.1) is 0 Å². The molecule has 0 unspecified atom stereocenters. The molecule has 21 heavy (non-hydrogen) atoms. The third-order valence-electron chi connectivity index (χ3n) is 2.85. The van der Waals surface area contributed by atoms with Gasteiger partial charge in [-0.1, -0.05) is 0 Å². The van der Waals surface area contributed by atoms with Crippen LogP contribution in [0, 0.1) is 0 Å². The summed E-state index contributed by atoms with van der Waals surface area (Å²) in [6.07, 6.45) is 1.56. The van der Waals surface area contributed by atoms with Gasteiger partial charge in [-0.05, 0) is 6.07 Å². The lowest BCUT2D eigenvalue weighted by atomic mass is 10.1. The number of nitrogen functional groups attached to an aromatic ring is 1. The predicted octanol–water partition coefficient (Wildman–Crippen LogP) is 0.345. The Morgan fingerprint density at radius 2 is 2.00 bits per heavy atom. The molecule has 1 aromatic carbocycles. The topological polar surface area (TPSA) is 104 Å². The molecule has 3 N–H and O–H groups in total. The number of carbonyl (C=O) groups excluding carboxylic acids is 1. The van der Waals surface area contributed by atoms with Crippen LogP contribution in [0.15, 0.2) is 18.5 Å². The van der Waals surface area contributed by atoms with E-state index in [0.29, 0.717) is 28.6 Å². The van der Waals surface area contributed by atoms with Gasteiger partial charge in [-0.3, -0.25) is 9.48 Å². The highest BCUT2D eigenvalue weighted by molar-refractivity contribution is 6.00. The van der Waals surface area contributed by atoms with Crippen LogP contribution in [0.4, 0.5) is 5.69 Å². The third kappa shape index (κ3) is 3.22. The first kappa shape index (κ1) is 14.6. The highest BCUT2D eigenvalue weighted by atomic mass is 16.5. The first-order valence-electron chi connectivity index (χ1n) is 6.19. The molecule has 2 aromatic rings. The summed E-state index contributed by atoms with van der Waals surface area (Å²) in [6.45, 7) is 0.216. The number of benzene rings is 1. The summed E-state index contributed by atoms with van der Waals surface area (Å²) in [5.41, 5.74) is 6.48. The van der Waals surface area contributed by atoms with Crippen LogP contribution in [0.25, 0.3) is 0 Å². The predicted molar refractivity (Wildman–Crippen MR) is 76.1 cm³/mol. The molecule has 0 atom stereocenters. The van der Waals surface area contributed by atoms with Gasteiger partial charge >= 0.3 is 0 Å². The number of aryl methyl sites for hydroxylation is 1. The summed E-state index contributed by atoms with van der Waals surface area (Å²) in [4.78, 5) is 16.2. The summed E-state index contributed by atoms with van der Waals surface area (Å²) in [5, 5.41) is 6.78. The minimum absolute atomic E-state index is 0.216. The lowest BCUT2D eigenvalue weighted by Crippen LogP contribution is -2.24. The van der Waals surface area contributed by atoms with Gasteiger partial charge in [0.15, 0.2) is 17.3 Å². The maximum absolute atomic E-state index is 12.2. The number of hydrogen-bond donors (Lipinski definition) is 2. The molecule has 0 radical (unpaired) electrons. The van der Waals surface area contributed by atoms with Gasteiger partial charge < -0.3 is 20.5 Å². The molecule has 8 heteroatoms. The molecule has 1 aromatic heterocycles. The maximum atomic E-state index is 12.2. The first-order valence-corrected chi connectivity index (χ1v) is 6.19. The van der Waals surface area contributed by atoms with E-state index < -0.39 is 0 Å². The number of hydrogen-bond acceptors (Lipinski definition) is 6. The minimum Gasteiger partial charge on any atom is -0.493 e. The Labute approximate surface area is 121 Å². The van der Waals surface area contributed by atoms with Gasteiger partial charge in [0.05, 0.1) is 26.3 Å². The first-order chi connectivity index (χ1) is 10.0. The highest BCUT2D eigenvalue weighted by Gasteiger charge is 2.15. The number of methoxy groups -OCH3 is 2. The molecule has 1 amide bonds. The van der Waals surface area contributed by atoms with E-state index in [0.717, 1.165) is 0 Å². The molecule has 0 fully saturated rings. The fourth-order valence-electron chi connectivity index (χ4n) is 1.81. The number of anilines is 1. The monoisotopic (exact) mass is 291 g/mol. The lowest BCUT2D eigenvalue weighted by molar-refractivity contribution is 0.0950. The molecule has 112 valence electrons. The van der Waals surface area contributed by atoms with Crippen LogP contribution in [-0.4, -0.2) is 34.9 Å². The SMILES string of the molecule is COc1cc(N)c(C(=O)NCc2ncn(C)n2)cc1OC. The van der Waals surface area contributed by atoms with E-state index in [-0.39, 0.29) is 12.5 Å². The van der Waals surface area contributed by atoms with E-state index in [1.807, 2.05) is 0 Å². The summed E-state index contributed by atoms with van der Waals surface area (Å²) in [7, 11) is 4.75. The Hall–Kier alpha value is -2.77. The van der Waals surface area contributed by atoms with Crippen molar-refractivity contribution in [3.63, 3.8) is 0 Å².